The summed E-state index contributed by atoms with van der Waals surface area (Å²) in [6.07, 6.45) is 3.68. The van der Waals surface area contributed by atoms with Gasteiger partial charge in [0.2, 0.25) is 5.91 Å². The molecule has 7 nitrogen and oxygen atoms in total. The molecule has 1 aromatic rings. The maximum atomic E-state index is 11.4. The number of ether oxygens (including phenoxy) is 1. The average Bonchev–Trinajstić information content (AvgIpc) is 2.49. The smallest absolute Gasteiger partial charge is 0.306 e. The highest BCUT2D eigenvalue weighted by atomic mass is 16.5. The molecule has 0 fully saturated rings. The molecule has 116 valence electrons. The first kappa shape index (κ1) is 16.7. The van der Waals surface area contributed by atoms with E-state index in [1.807, 2.05) is 0 Å². The van der Waals surface area contributed by atoms with Gasteiger partial charge in [0, 0.05) is 25.7 Å². The van der Waals surface area contributed by atoms with Crippen molar-refractivity contribution in [2.24, 2.45) is 0 Å². The first-order valence-electron chi connectivity index (χ1n) is 6.91. The zero-order chi connectivity index (χ0) is 15.5. The first-order valence-corrected chi connectivity index (χ1v) is 6.91. The van der Waals surface area contributed by atoms with Crippen molar-refractivity contribution in [2.45, 2.75) is 25.7 Å². The molecule has 0 bridgehead atoms. The fourth-order valence-corrected chi connectivity index (χ4v) is 1.66. The van der Waals surface area contributed by atoms with Gasteiger partial charge in [-0.15, -0.1) is 0 Å². The lowest BCUT2D eigenvalue weighted by molar-refractivity contribution is -0.142. The molecular formula is C14H22N4O3. The largest absolute Gasteiger partial charge is 0.469 e. The van der Waals surface area contributed by atoms with Crippen LogP contribution in [0.2, 0.25) is 0 Å². The summed E-state index contributed by atoms with van der Waals surface area (Å²) < 4.78 is 4.47. The number of unbranched alkanes of at least 4 members (excludes halogenated alkanes) is 1. The third-order valence-corrected chi connectivity index (χ3v) is 2.84. The van der Waals surface area contributed by atoms with Gasteiger partial charge in [-0.05, 0) is 25.0 Å². The minimum Gasteiger partial charge on any atom is -0.469 e. The second-order valence-corrected chi connectivity index (χ2v) is 4.50. The van der Waals surface area contributed by atoms with Crippen LogP contribution in [-0.2, 0) is 14.3 Å². The van der Waals surface area contributed by atoms with Gasteiger partial charge < -0.3 is 21.1 Å². The number of nitrogen functional groups attached to an aromatic ring is 1. The van der Waals surface area contributed by atoms with E-state index in [0.717, 1.165) is 19.4 Å². The van der Waals surface area contributed by atoms with Crippen molar-refractivity contribution in [3.05, 3.63) is 18.3 Å². The lowest BCUT2D eigenvalue weighted by atomic mass is 10.2. The van der Waals surface area contributed by atoms with Crippen molar-refractivity contribution in [3.8, 4) is 0 Å². The minimum atomic E-state index is -0.373. The Morgan fingerprint density at radius 2 is 2.05 bits per heavy atom. The zero-order valence-electron chi connectivity index (χ0n) is 12.2. The molecule has 0 aliphatic rings. The average molecular weight is 294 g/mol. The number of rotatable bonds is 9. The summed E-state index contributed by atoms with van der Waals surface area (Å²) >= 11 is 0. The van der Waals surface area contributed by atoms with E-state index in [2.05, 4.69) is 20.4 Å². The number of carbonyl (C=O) groups excluding carboxylic acids is 2. The molecular weight excluding hydrogens is 272 g/mol. The van der Waals surface area contributed by atoms with E-state index >= 15 is 0 Å². The molecule has 4 N–H and O–H groups in total. The Morgan fingerprint density at radius 3 is 2.76 bits per heavy atom. The fourth-order valence-electron chi connectivity index (χ4n) is 1.66. The Morgan fingerprint density at radius 1 is 1.29 bits per heavy atom. The zero-order valence-corrected chi connectivity index (χ0v) is 12.2. The van der Waals surface area contributed by atoms with Crippen LogP contribution in [0.5, 0.6) is 0 Å². The van der Waals surface area contributed by atoms with E-state index in [9.17, 15) is 9.59 Å². The Kier molecular flexibility index (Phi) is 7.63. The van der Waals surface area contributed by atoms with E-state index in [-0.39, 0.29) is 24.7 Å². The van der Waals surface area contributed by atoms with E-state index in [1.165, 1.54) is 7.11 Å². The number of hydrogen-bond donors (Lipinski definition) is 3. The van der Waals surface area contributed by atoms with Gasteiger partial charge >= 0.3 is 5.97 Å². The van der Waals surface area contributed by atoms with E-state index in [0.29, 0.717) is 18.1 Å². The molecule has 1 heterocycles. The van der Waals surface area contributed by atoms with Crippen molar-refractivity contribution in [1.29, 1.82) is 0 Å². The first-order chi connectivity index (χ1) is 10.1. The highest BCUT2D eigenvalue weighted by Gasteiger charge is 2.05. The number of amides is 1. The molecule has 0 saturated carbocycles. The van der Waals surface area contributed by atoms with Gasteiger partial charge in [0.25, 0.3) is 0 Å². The van der Waals surface area contributed by atoms with Gasteiger partial charge in [0.05, 0.1) is 19.2 Å². The van der Waals surface area contributed by atoms with Crippen LogP contribution in [0.3, 0.4) is 0 Å². The molecule has 0 radical (unpaired) electrons. The van der Waals surface area contributed by atoms with Crippen LogP contribution in [0, 0.1) is 0 Å². The highest BCUT2D eigenvalue weighted by molar-refractivity contribution is 5.81. The lowest BCUT2D eigenvalue weighted by Crippen LogP contribution is -2.25. The molecule has 0 saturated heterocycles. The van der Waals surface area contributed by atoms with Crippen molar-refractivity contribution >= 4 is 23.4 Å². The van der Waals surface area contributed by atoms with Crippen molar-refractivity contribution < 1.29 is 14.3 Å². The van der Waals surface area contributed by atoms with Gasteiger partial charge in [0.15, 0.2) is 0 Å². The van der Waals surface area contributed by atoms with Crippen molar-refractivity contribution in [3.63, 3.8) is 0 Å². The van der Waals surface area contributed by atoms with E-state index < -0.39 is 0 Å². The summed E-state index contributed by atoms with van der Waals surface area (Å²) in [5, 5.41) is 5.90. The monoisotopic (exact) mass is 294 g/mol. The maximum Gasteiger partial charge on any atom is 0.306 e. The number of esters is 1. The Balaban J connectivity index is 2.03. The van der Waals surface area contributed by atoms with Crippen LogP contribution in [0.4, 0.5) is 11.5 Å². The third kappa shape index (κ3) is 7.14. The number of nitrogens with two attached hydrogens (primary N) is 1. The molecule has 7 heteroatoms. The van der Waals surface area contributed by atoms with E-state index in [1.54, 1.807) is 18.3 Å². The Labute approximate surface area is 124 Å². The molecule has 0 aliphatic heterocycles. The summed E-state index contributed by atoms with van der Waals surface area (Å²) in [6.45, 7) is 1.32. The molecule has 1 rings (SSSR count). The summed E-state index contributed by atoms with van der Waals surface area (Å²) in [6, 6.07) is 3.57. The number of carbonyl (C=O) groups is 2. The summed E-state index contributed by atoms with van der Waals surface area (Å²) in [7, 11) is 1.31. The van der Waals surface area contributed by atoms with Crippen molar-refractivity contribution in [2.75, 3.05) is 31.2 Å². The number of methoxy groups -OCH3 is 1. The number of nitrogens with one attached hydrogen (secondary N) is 2. The standard InChI is InChI=1S/C14H22N4O3/c1-21-13(20)7-6-12(19)16-8-2-3-9-17-14-11(15)5-4-10-18-14/h4-5,10H,2-3,6-9,15H2,1H3,(H,16,19)(H,17,18). The maximum absolute atomic E-state index is 11.4. The molecule has 0 spiro atoms. The Hall–Kier alpha value is -2.31. The minimum absolute atomic E-state index is 0.114. The normalized spacial score (nSPS) is 9.95. The van der Waals surface area contributed by atoms with Crippen LogP contribution in [0.15, 0.2) is 18.3 Å². The molecule has 1 amide bonds. The molecule has 0 aliphatic carbocycles. The fraction of sp³-hybridized carbons (Fsp3) is 0.500. The second-order valence-electron chi connectivity index (χ2n) is 4.50. The van der Waals surface area contributed by atoms with Crippen LogP contribution in [0.25, 0.3) is 0 Å². The van der Waals surface area contributed by atoms with Gasteiger partial charge in [-0.25, -0.2) is 4.98 Å². The van der Waals surface area contributed by atoms with Crippen LogP contribution >= 0.6 is 0 Å². The molecule has 0 unspecified atom stereocenters. The van der Waals surface area contributed by atoms with Gasteiger partial charge in [0.1, 0.15) is 5.82 Å². The third-order valence-electron chi connectivity index (χ3n) is 2.84. The molecule has 1 aromatic heterocycles. The van der Waals surface area contributed by atoms with Crippen LogP contribution < -0.4 is 16.4 Å². The highest BCUT2D eigenvalue weighted by Crippen LogP contribution is 2.12. The number of pyridine rings is 1. The van der Waals surface area contributed by atoms with E-state index in [4.69, 9.17) is 5.73 Å². The number of hydrogen-bond acceptors (Lipinski definition) is 6. The topological polar surface area (TPSA) is 106 Å². The van der Waals surface area contributed by atoms with Crippen molar-refractivity contribution in [1.82, 2.24) is 10.3 Å². The summed E-state index contributed by atoms with van der Waals surface area (Å²) in [5.41, 5.74) is 6.37. The Bertz CT molecular complexity index is 465. The molecule has 21 heavy (non-hydrogen) atoms. The lowest BCUT2D eigenvalue weighted by Gasteiger charge is -2.08. The van der Waals surface area contributed by atoms with Gasteiger partial charge in [-0.3, -0.25) is 9.59 Å². The van der Waals surface area contributed by atoms with Crippen LogP contribution in [-0.4, -0.2) is 37.1 Å². The predicted octanol–water partition coefficient (Wildman–Crippen LogP) is 0.925. The number of aromatic nitrogens is 1. The van der Waals surface area contributed by atoms with Gasteiger partial charge in [-0.2, -0.15) is 0 Å². The SMILES string of the molecule is COC(=O)CCC(=O)NCCCCNc1ncccc1N. The molecule has 0 aromatic carbocycles. The summed E-state index contributed by atoms with van der Waals surface area (Å²) in [4.78, 5) is 26.4. The number of nitrogens with zero attached hydrogens (tertiary/aromatic N) is 1. The van der Waals surface area contributed by atoms with Gasteiger partial charge in [-0.1, -0.05) is 0 Å². The quantitative estimate of drug-likeness (QED) is 0.462. The molecule has 0 atom stereocenters. The predicted molar refractivity (Wildman–Crippen MR) is 80.6 cm³/mol. The second kappa shape index (κ2) is 9.57. The van der Waals surface area contributed by atoms with Crippen LogP contribution in [0.1, 0.15) is 25.7 Å². The number of anilines is 2. The summed E-state index contributed by atoms with van der Waals surface area (Å²) in [5.74, 6) is 0.171.